The number of nitrogens with one attached hydrogen (secondary N) is 1. The standard InChI is InChI=1S/C19H24N2O3S/c1-11-16(19(23)24-4)12(2)20-17(11)18(22)13(3)21-8-5-6-15(21)14-7-9-25-10-14/h7,9-10,13,15,20H,5-6,8H2,1-4H3. The number of thiophene rings is 1. The number of hydrogen-bond donors (Lipinski definition) is 1. The van der Waals surface area contributed by atoms with E-state index in [4.69, 9.17) is 4.74 Å². The molecule has 0 radical (unpaired) electrons. The van der Waals surface area contributed by atoms with Crippen molar-refractivity contribution >= 4 is 23.1 Å². The van der Waals surface area contributed by atoms with Gasteiger partial charge in [0, 0.05) is 11.7 Å². The highest BCUT2D eigenvalue weighted by molar-refractivity contribution is 7.07. The molecule has 0 spiro atoms. The molecule has 2 unspecified atom stereocenters. The zero-order chi connectivity index (χ0) is 18.1. The van der Waals surface area contributed by atoms with Gasteiger partial charge in [-0.3, -0.25) is 9.69 Å². The zero-order valence-electron chi connectivity index (χ0n) is 15.1. The molecule has 2 atom stereocenters. The molecule has 2 aromatic heterocycles. The largest absolute Gasteiger partial charge is 0.465 e. The number of ketones is 1. The maximum absolute atomic E-state index is 13.1. The number of aromatic amines is 1. The Hall–Kier alpha value is -1.92. The van der Waals surface area contributed by atoms with Crippen LogP contribution in [0, 0.1) is 13.8 Å². The number of ether oxygens (including phenoxy) is 1. The summed E-state index contributed by atoms with van der Waals surface area (Å²) in [5.74, 6) is -0.381. The summed E-state index contributed by atoms with van der Waals surface area (Å²) in [5.41, 5.74) is 3.62. The topological polar surface area (TPSA) is 62.4 Å². The van der Waals surface area contributed by atoms with E-state index in [0.29, 0.717) is 28.6 Å². The summed E-state index contributed by atoms with van der Waals surface area (Å²) in [5, 5.41) is 4.25. The summed E-state index contributed by atoms with van der Waals surface area (Å²) in [6, 6.07) is 2.20. The molecule has 134 valence electrons. The van der Waals surface area contributed by atoms with E-state index in [2.05, 4.69) is 26.7 Å². The highest BCUT2D eigenvalue weighted by Crippen LogP contribution is 2.35. The van der Waals surface area contributed by atoms with Crippen LogP contribution in [0.15, 0.2) is 16.8 Å². The van der Waals surface area contributed by atoms with Gasteiger partial charge in [0.15, 0.2) is 5.78 Å². The van der Waals surface area contributed by atoms with Gasteiger partial charge >= 0.3 is 5.97 Å². The number of nitrogens with zero attached hydrogens (tertiary/aromatic N) is 1. The van der Waals surface area contributed by atoms with Gasteiger partial charge in [0.2, 0.25) is 0 Å². The van der Waals surface area contributed by atoms with Gasteiger partial charge < -0.3 is 9.72 Å². The zero-order valence-corrected chi connectivity index (χ0v) is 15.9. The molecule has 1 fully saturated rings. The van der Waals surface area contributed by atoms with Crippen LogP contribution < -0.4 is 0 Å². The minimum atomic E-state index is -0.407. The van der Waals surface area contributed by atoms with Gasteiger partial charge in [-0.15, -0.1) is 0 Å². The fraction of sp³-hybridized carbons (Fsp3) is 0.474. The fourth-order valence-corrected chi connectivity index (χ4v) is 4.55. The molecule has 1 aliphatic rings. The van der Waals surface area contributed by atoms with E-state index < -0.39 is 5.97 Å². The number of esters is 1. The first-order valence-electron chi connectivity index (χ1n) is 8.55. The summed E-state index contributed by atoms with van der Waals surface area (Å²) in [6.45, 7) is 6.47. The van der Waals surface area contributed by atoms with Crippen LogP contribution in [0.5, 0.6) is 0 Å². The molecular weight excluding hydrogens is 336 g/mol. The van der Waals surface area contributed by atoms with Crippen LogP contribution in [0.1, 0.15) is 63.5 Å². The van der Waals surface area contributed by atoms with E-state index in [-0.39, 0.29) is 11.8 Å². The van der Waals surface area contributed by atoms with E-state index in [9.17, 15) is 9.59 Å². The summed E-state index contributed by atoms with van der Waals surface area (Å²) in [4.78, 5) is 30.5. The molecule has 2 aromatic rings. The molecule has 1 aliphatic heterocycles. The molecule has 0 saturated carbocycles. The summed E-state index contributed by atoms with van der Waals surface area (Å²) < 4.78 is 4.84. The van der Waals surface area contributed by atoms with E-state index in [1.165, 1.54) is 12.7 Å². The molecule has 1 saturated heterocycles. The number of methoxy groups -OCH3 is 1. The highest BCUT2D eigenvalue weighted by atomic mass is 32.1. The average molecular weight is 360 g/mol. The molecule has 0 bridgehead atoms. The third kappa shape index (κ3) is 3.16. The minimum absolute atomic E-state index is 0.0258. The molecular formula is C19H24N2O3S. The number of H-pyrrole nitrogens is 1. The smallest absolute Gasteiger partial charge is 0.339 e. The van der Waals surface area contributed by atoms with Gasteiger partial charge in [-0.2, -0.15) is 11.3 Å². The second-order valence-electron chi connectivity index (χ2n) is 6.61. The number of likely N-dealkylation sites (tertiary alicyclic amines) is 1. The van der Waals surface area contributed by atoms with E-state index in [0.717, 1.165) is 19.4 Å². The Labute approximate surface area is 152 Å². The first kappa shape index (κ1) is 17.9. The number of aryl methyl sites for hydroxylation is 1. The van der Waals surface area contributed by atoms with Gasteiger partial charge in [0.25, 0.3) is 0 Å². The monoisotopic (exact) mass is 360 g/mol. The van der Waals surface area contributed by atoms with Crippen LogP contribution in [-0.4, -0.2) is 41.3 Å². The number of rotatable bonds is 5. The molecule has 1 N–H and O–H groups in total. The Kier molecular flexibility index (Phi) is 5.11. The first-order valence-corrected chi connectivity index (χ1v) is 9.49. The van der Waals surface area contributed by atoms with Gasteiger partial charge in [0.05, 0.1) is 24.4 Å². The lowest BCUT2D eigenvalue weighted by Gasteiger charge is -2.29. The molecule has 3 rings (SSSR count). The van der Waals surface area contributed by atoms with Gasteiger partial charge in [-0.05, 0) is 68.1 Å². The fourth-order valence-electron chi connectivity index (χ4n) is 3.84. The summed E-state index contributed by atoms with van der Waals surface area (Å²) in [6.07, 6.45) is 2.17. The van der Waals surface area contributed by atoms with Crippen molar-refractivity contribution in [3.8, 4) is 0 Å². The highest BCUT2D eigenvalue weighted by Gasteiger charge is 2.35. The SMILES string of the molecule is COC(=O)c1c(C)[nH]c(C(=O)C(C)N2CCCC2c2ccsc2)c1C. The van der Waals surface area contributed by atoms with Crippen molar-refractivity contribution in [3.05, 3.63) is 44.9 Å². The normalized spacial score (nSPS) is 19.1. The van der Waals surface area contributed by atoms with Crippen molar-refractivity contribution in [3.63, 3.8) is 0 Å². The van der Waals surface area contributed by atoms with Crippen molar-refractivity contribution in [2.24, 2.45) is 0 Å². The molecule has 3 heterocycles. The van der Waals surface area contributed by atoms with Crippen molar-refractivity contribution in [2.45, 2.75) is 45.7 Å². The van der Waals surface area contributed by atoms with E-state index >= 15 is 0 Å². The molecule has 6 heteroatoms. The number of carbonyl (C=O) groups excluding carboxylic acids is 2. The van der Waals surface area contributed by atoms with Gasteiger partial charge in [-0.25, -0.2) is 4.79 Å². The lowest BCUT2D eigenvalue weighted by Crippen LogP contribution is -2.38. The van der Waals surface area contributed by atoms with Crippen LogP contribution >= 0.6 is 11.3 Å². The minimum Gasteiger partial charge on any atom is -0.465 e. The maximum Gasteiger partial charge on any atom is 0.339 e. The van der Waals surface area contributed by atoms with Crippen molar-refractivity contribution < 1.29 is 14.3 Å². The Morgan fingerprint density at radius 1 is 1.40 bits per heavy atom. The van der Waals surface area contributed by atoms with Crippen molar-refractivity contribution in [2.75, 3.05) is 13.7 Å². The molecule has 25 heavy (non-hydrogen) atoms. The summed E-state index contributed by atoms with van der Waals surface area (Å²) in [7, 11) is 1.36. The molecule has 0 amide bonds. The summed E-state index contributed by atoms with van der Waals surface area (Å²) >= 11 is 1.69. The number of carbonyl (C=O) groups is 2. The molecule has 5 nitrogen and oxygen atoms in total. The Morgan fingerprint density at radius 3 is 2.80 bits per heavy atom. The number of aromatic nitrogens is 1. The van der Waals surface area contributed by atoms with Crippen LogP contribution in [-0.2, 0) is 4.74 Å². The maximum atomic E-state index is 13.1. The van der Waals surface area contributed by atoms with Crippen LogP contribution in [0.25, 0.3) is 0 Å². The van der Waals surface area contributed by atoms with Crippen LogP contribution in [0.2, 0.25) is 0 Å². The molecule has 0 aromatic carbocycles. The van der Waals surface area contributed by atoms with Gasteiger partial charge in [-0.1, -0.05) is 0 Å². The van der Waals surface area contributed by atoms with E-state index in [1.807, 2.05) is 6.92 Å². The van der Waals surface area contributed by atoms with Crippen LogP contribution in [0.4, 0.5) is 0 Å². The Morgan fingerprint density at radius 2 is 2.16 bits per heavy atom. The third-order valence-corrected chi connectivity index (χ3v) is 5.87. The van der Waals surface area contributed by atoms with Gasteiger partial charge in [0.1, 0.15) is 0 Å². The van der Waals surface area contributed by atoms with E-state index in [1.54, 1.807) is 25.2 Å². The first-order chi connectivity index (χ1) is 12.0. The lowest BCUT2D eigenvalue weighted by molar-refractivity contribution is 0.0599. The van der Waals surface area contributed by atoms with Crippen LogP contribution in [0.3, 0.4) is 0 Å². The van der Waals surface area contributed by atoms with Crippen molar-refractivity contribution in [1.82, 2.24) is 9.88 Å². The number of hydrogen-bond acceptors (Lipinski definition) is 5. The number of Topliss-reactive ketones (excluding diaryl/α,β-unsaturated/α-hetero) is 1. The van der Waals surface area contributed by atoms with Crippen molar-refractivity contribution in [1.29, 1.82) is 0 Å². The third-order valence-electron chi connectivity index (χ3n) is 5.17. The molecule has 0 aliphatic carbocycles. The predicted octanol–water partition coefficient (Wildman–Crippen LogP) is 3.89. The lowest BCUT2D eigenvalue weighted by atomic mass is 10.0. The predicted molar refractivity (Wildman–Crippen MR) is 98.4 cm³/mol. The average Bonchev–Trinajstić information content (AvgIpc) is 3.32. The second-order valence-corrected chi connectivity index (χ2v) is 7.39. The quantitative estimate of drug-likeness (QED) is 0.649. The Bertz CT molecular complexity index is 779. The Balaban J connectivity index is 1.87. The second kappa shape index (κ2) is 7.14.